The van der Waals surface area contributed by atoms with Crippen molar-refractivity contribution in [3.63, 3.8) is 0 Å². The molecule has 74 heavy (non-hydrogen) atoms. The molecule has 1 aliphatic rings. The molecular weight excluding hydrogens is 999 g/mol. The van der Waals surface area contributed by atoms with Crippen LogP contribution in [-0.2, 0) is 65.6 Å². The highest BCUT2D eigenvalue weighted by atomic mass is 33.1. The molecule has 7 atom stereocenters. The van der Waals surface area contributed by atoms with Crippen LogP contribution in [0, 0.1) is 18.8 Å². The summed E-state index contributed by atoms with van der Waals surface area (Å²) in [6, 6.07) is 4.85. The number of carbonyl (C=O) groups is 11. The molecule has 0 aliphatic carbocycles. The zero-order valence-corrected chi connectivity index (χ0v) is 44.0. The first-order chi connectivity index (χ1) is 35.0. The smallest absolute Gasteiger partial charge is 0.243 e. The molecule has 1 aliphatic heterocycles. The third kappa shape index (κ3) is 21.9. The molecule has 0 bridgehead atoms. The fourth-order valence-corrected chi connectivity index (χ4v) is 9.62. The molecule has 406 valence electrons. The summed E-state index contributed by atoms with van der Waals surface area (Å²) in [5, 5.41) is 22.8. The van der Waals surface area contributed by atoms with Crippen LogP contribution in [-0.4, -0.2) is 142 Å². The minimum Gasteiger partial charge on any atom is -0.508 e. The maximum atomic E-state index is 14.8. The molecule has 0 radical (unpaired) electrons. The lowest BCUT2D eigenvalue weighted by atomic mass is 9.94. The van der Waals surface area contributed by atoms with Gasteiger partial charge in [0.1, 0.15) is 29.9 Å². The van der Waals surface area contributed by atoms with E-state index in [2.05, 4.69) is 37.4 Å². The Labute approximate surface area is 438 Å². The van der Waals surface area contributed by atoms with Crippen molar-refractivity contribution in [1.82, 2.24) is 42.3 Å². The highest BCUT2D eigenvalue weighted by Gasteiger charge is 2.38. The van der Waals surface area contributed by atoms with Crippen LogP contribution in [0.15, 0.2) is 48.5 Å². The summed E-state index contributed by atoms with van der Waals surface area (Å²) in [5.41, 5.74) is 23.9. The van der Waals surface area contributed by atoms with Gasteiger partial charge in [-0.05, 0) is 61.3 Å². The van der Waals surface area contributed by atoms with Crippen LogP contribution in [0.5, 0.6) is 5.75 Å². The Morgan fingerprint density at radius 3 is 2.04 bits per heavy atom. The first kappa shape index (κ1) is 61.7. The van der Waals surface area contributed by atoms with Gasteiger partial charge in [0.25, 0.3) is 0 Å². The van der Waals surface area contributed by atoms with Crippen LogP contribution < -0.4 is 54.6 Å². The SMILES string of the molecule is CC[C@H](C)[C@@H]1NC(=O)[C@H](Cc2ccc(O)cc2)NC(=O)CCSSC[C@@H](C(=O)N(CCc2ccc(C)cc2)CC(=O)N[C@@H](CC(C)C)C(=O)NCC(N)=O)NN[C@@H](CC(N)=O)C(=O)C(=O)[C@H](CCC(N)=O)NC1=O. The molecule has 0 aromatic heterocycles. The highest BCUT2D eigenvalue weighted by Crippen LogP contribution is 2.24. The molecule has 3 rings (SSSR count). The summed E-state index contributed by atoms with van der Waals surface area (Å²) in [5.74, 6) is -10.3. The number of rotatable bonds is 21. The second kappa shape index (κ2) is 31.2. The molecule has 2 aromatic rings. The largest absolute Gasteiger partial charge is 0.508 e. The summed E-state index contributed by atoms with van der Waals surface area (Å²) in [6.45, 7) is 7.83. The van der Waals surface area contributed by atoms with Crippen molar-refractivity contribution in [2.75, 3.05) is 31.1 Å². The van der Waals surface area contributed by atoms with Gasteiger partial charge in [-0.3, -0.25) is 52.7 Å². The normalized spacial score (nSPS) is 20.5. The van der Waals surface area contributed by atoms with Crippen molar-refractivity contribution in [1.29, 1.82) is 0 Å². The molecule has 2 aromatic carbocycles. The number of benzene rings is 2. The number of nitrogens with one attached hydrogen (secondary N) is 7. The molecule has 0 unspecified atom stereocenters. The van der Waals surface area contributed by atoms with Crippen molar-refractivity contribution in [3.8, 4) is 5.75 Å². The maximum Gasteiger partial charge on any atom is 0.243 e. The number of primary amides is 3. The van der Waals surface area contributed by atoms with Crippen molar-refractivity contribution < 1.29 is 57.8 Å². The molecule has 1 fully saturated rings. The van der Waals surface area contributed by atoms with E-state index in [-0.39, 0.29) is 55.4 Å². The minimum atomic E-state index is -1.76. The summed E-state index contributed by atoms with van der Waals surface area (Å²) in [4.78, 5) is 149. The van der Waals surface area contributed by atoms with E-state index in [4.69, 9.17) is 17.2 Å². The molecule has 14 N–H and O–H groups in total. The van der Waals surface area contributed by atoms with Gasteiger partial charge in [-0.1, -0.05) is 97.7 Å². The van der Waals surface area contributed by atoms with E-state index < -0.39 is 139 Å². The number of amides is 9. The summed E-state index contributed by atoms with van der Waals surface area (Å²) in [6.07, 6.45) is -1.18. The van der Waals surface area contributed by atoms with Crippen molar-refractivity contribution in [2.24, 2.45) is 29.0 Å². The standard InChI is InChI=1S/C49H71N11O12S2/c1-6-29(5)43-48(71)56-33(15-16-38(50)62)44(67)45(68)34(23-39(51)63)58-59-37(26-74-73-20-18-41(65)54-36(47(70)57-43)22-31-11-13-32(61)14-12-31)49(72)60(19-17-30-9-7-28(4)8-10-30)25-42(66)55-35(21-27(2)3)46(69)53-24-40(52)64/h7-14,27,29,33-37,43,58-59,61H,6,15-26H2,1-5H3,(H2,50,62)(H2,51,63)(H2,52,64)(H,53,69)(H,54,65)(H,55,66)(H,56,71)(H,57,70)/t29-,33-,34-,35-,36-,37-,43-/m0/s1. The fourth-order valence-electron chi connectivity index (χ4n) is 7.48. The topological polar surface area (TPSA) is 374 Å². The Kier molecular flexibility index (Phi) is 26.0. The van der Waals surface area contributed by atoms with Crippen molar-refractivity contribution in [3.05, 3.63) is 65.2 Å². The number of phenolic OH excluding ortho intramolecular Hbond substituents is 1. The summed E-state index contributed by atoms with van der Waals surface area (Å²) >= 11 is 0. The Morgan fingerprint density at radius 1 is 0.784 bits per heavy atom. The molecule has 1 saturated heterocycles. The summed E-state index contributed by atoms with van der Waals surface area (Å²) in [7, 11) is 2.29. The van der Waals surface area contributed by atoms with E-state index in [1.807, 2.05) is 45.0 Å². The Hall–Kier alpha value is -6.57. The van der Waals surface area contributed by atoms with Crippen molar-refractivity contribution >= 4 is 86.3 Å². The van der Waals surface area contributed by atoms with Gasteiger partial charge in [-0.25, -0.2) is 10.9 Å². The van der Waals surface area contributed by atoms with Crippen LogP contribution in [0.1, 0.15) is 82.9 Å². The van der Waals surface area contributed by atoms with Gasteiger partial charge in [0.05, 0.1) is 31.6 Å². The number of hydrogen-bond donors (Lipinski definition) is 11. The second-order valence-corrected chi connectivity index (χ2v) is 21.1. The van der Waals surface area contributed by atoms with E-state index in [1.54, 1.807) is 26.0 Å². The Bertz CT molecular complexity index is 2310. The third-order valence-corrected chi connectivity index (χ3v) is 14.2. The van der Waals surface area contributed by atoms with Crippen LogP contribution in [0.4, 0.5) is 0 Å². The number of phenols is 1. The lowest BCUT2D eigenvalue weighted by Gasteiger charge is -2.30. The van der Waals surface area contributed by atoms with Crippen LogP contribution in [0.3, 0.4) is 0 Å². The van der Waals surface area contributed by atoms with Crippen LogP contribution >= 0.6 is 21.6 Å². The van der Waals surface area contributed by atoms with Crippen LogP contribution in [0.2, 0.25) is 0 Å². The van der Waals surface area contributed by atoms with Gasteiger partial charge in [-0.15, -0.1) is 0 Å². The summed E-state index contributed by atoms with van der Waals surface area (Å²) < 4.78 is 0. The first-order valence-corrected chi connectivity index (χ1v) is 26.7. The van der Waals surface area contributed by atoms with E-state index in [0.29, 0.717) is 12.0 Å². The number of hydrogen-bond acceptors (Lipinski definition) is 16. The molecule has 9 amide bonds. The molecular formula is C49H71N11O12S2. The predicted molar refractivity (Wildman–Crippen MR) is 278 cm³/mol. The average Bonchev–Trinajstić information content (AvgIpc) is 3.34. The van der Waals surface area contributed by atoms with E-state index in [1.165, 1.54) is 27.8 Å². The number of carbonyl (C=O) groups excluding carboxylic acids is 11. The van der Waals surface area contributed by atoms with Gasteiger partial charge < -0.3 is 53.8 Å². The van der Waals surface area contributed by atoms with Gasteiger partial charge in [0.2, 0.25) is 64.7 Å². The van der Waals surface area contributed by atoms with Gasteiger partial charge in [-0.2, -0.15) is 0 Å². The van der Waals surface area contributed by atoms with E-state index >= 15 is 0 Å². The number of nitrogens with zero attached hydrogens (tertiary/aromatic N) is 1. The van der Waals surface area contributed by atoms with Gasteiger partial charge in [0, 0.05) is 37.3 Å². The zero-order valence-electron chi connectivity index (χ0n) is 42.4. The molecule has 25 heteroatoms. The molecule has 23 nitrogen and oxygen atoms in total. The minimum absolute atomic E-state index is 0.0346. The number of aromatic hydroxyl groups is 1. The lowest BCUT2D eigenvalue weighted by Crippen LogP contribution is -2.61. The number of nitrogens with two attached hydrogens (primary N) is 3. The first-order valence-electron chi connectivity index (χ1n) is 24.3. The molecule has 0 saturated carbocycles. The zero-order chi connectivity index (χ0) is 55.1. The number of hydrazine groups is 1. The highest BCUT2D eigenvalue weighted by molar-refractivity contribution is 8.76. The number of Topliss-reactive ketones (excluding diaryl/α,β-unsaturated/α-hetero) is 2. The Morgan fingerprint density at radius 2 is 1.43 bits per heavy atom. The number of ketones is 2. The molecule has 1 heterocycles. The van der Waals surface area contributed by atoms with E-state index in [9.17, 15) is 57.8 Å². The quantitative estimate of drug-likeness (QED) is 0.0519. The number of aryl methyl sites for hydroxylation is 1. The third-order valence-electron chi connectivity index (χ3n) is 11.8. The Balaban J connectivity index is 2.10. The predicted octanol–water partition coefficient (Wildman–Crippen LogP) is -1.16. The second-order valence-electron chi connectivity index (χ2n) is 18.5. The molecule has 0 spiro atoms. The lowest BCUT2D eigenvalue weighted by molar-refractivity contribution is -0.142. The fraction of sp³-hybridized carbons (Fsp3) is 0.531. The monoisotopic (exact) mass is 1070 g/mol. The maximum absolute atomic E-state index is 14.8. The van der Waals surface area contributed by atoms with E-state index in [0.717, 1.165) is 21.9 Å². The van der Waals surface area contributed by atoms with Crippen LogP contribution in [0.25, 0.3) is 0 Å². The van der Waals surface area contributed by atoms with Gasteiger partial charge >= 0.3 is 0 Å². The van der Waals surface area contributed by atoms with Gasteiger partial charge in [0.15, 0.2) is 0 Å². The van der Waals surface area contributed by atoms with Crippen molar-refractivity contribution in [2.45, 2.75) is 122 Å². The average molecular weight is 1070 g/mol.